The Labute approximate surface area is 120 Å². The molecule has 0 radical (unpaired) electrons. The smallest absolute Gasteiger partial charge is 0.152 e. The number of hydrogen-bond donors (Lipinski definition) is 0. The Morgan fingerprint density at radius 3 is 2.95 bits per heavy atom. The summed E-state index contributed by atoms with van der Waals surface area (Å²) < 4.78 is 0. The van der Waals surface area contributed by atoms with E-state index in [9.17, 15) is 4.79 Å². The molecule has 1 saturated heterocycles. The van der Waals surface area contributed by atoms with E-state index in [-0.39, 0.29) is 0 Å². The molecule has 0 amide bonds. The first-order valence-electron chi connectivity index (χ1n) is 7.25. The summed E-state index contributed by atoms with van der Waals surface area (Å²) in [7, 11) is 0. The van der Waals surface area contributed by atoms with E-state index >= 15 is 0 Å². The molecule has 1 aliphatic rings. The minimum absolute atomic E-state index is 0.693. The summed E-state index contributed by atoms with van der Waals surface area (Å²) >= 11 is 6.29. The van der Waals surface area contributed by atoms with Crippen LogP contribution < -0.4 is 4.90 Å². The normalized spacial score (nSPS) is 20.1. The molecular formula is C16H22ClNO. The molecule has 0 N–H and O–H groups in total. The van der Waals surface area contributed by atoms with Crippen molar-refractivity contribution in [3.05, 3.63) is 28.8 Å². The summed E-state index contributed by atoms with van der Waals surface area (Å²) in [5.41, 5.74) is 1.64. The van der Waals surface area contributed by atoms with E-state index in [0.717, 1.165) is 31.0 Å². The minimum Gasteiger partial charge on any atom is -0.370 e. The van der Waals surface area contributed by atoms with Gasteiger partial charge in [0.05, 0.1) is 10.7 Å². The van der Waals surface area contributed by atoms with Crippen LogP contribution in [-0.2, 0) is 0 Å². The van der Waals surface area contributed by atoms with Crippen molar-refractivity contribution >= 4 is 23.6 Å². The van der Waals surface area contributed by atoms with Gasteiger partial charge in [0.1, 0.15) is 0 Å². The Bertz CT molecular complexity index is 433. The number of aldehydes is 1. The molecule has 0 saturated carbocycles. The molecule has 1 heterocycles. The van der Waals surface area contributed by atoms with E-state index in [1.807, 2.05) is 18.2 Å². The lowest BCUT2D eigenvalue weighted by Crippen LogP contribution is -2.25. The Morgan fingerprint density at radius 2 is 2.21 bits per heavy atom. The lowest BCUT2D eigenvalue weighted by atomic mass is 9.96. The third-order valence-electron chi connectivity index (χ3n) is 4.01. The Balaban J connectivity index is 2.16. The third-order valence-corrected chi connectivity index (χ3v) is 4.31. The molecule has 0 bridgehead atoms. The highest BCUT2D eigenvalue weighted by molar-refractivity contribution is 6.33. The molecule has 1 atom stereocenters. The van der Waals surface area contributed by atoms with Gasteiger partial charge < -0.3 is 4.90 Å². The van der Waals surface area contributed by atoms with Crippen molar-refractivity contribution in [3.63, 3.8) is 0 Å². The summed E-state index contributed by atoms with van der Waals surface area (Å²) in [4.78, 5) is 13.5. The zero-order chi connectivity index (χ0) is 13.7. The molecule has 0 aliphatic carbocycles. The topological polar surface area (TPSA) is 20.3 Å². The van der Waals surface area contributed by atoms with Gasteiger partial charge in [-0.3, -0.25) is 4.79 Å². The fraction of sp³-hybridized carbons (Fsp3) is 0.562. The molecule has 1 fully saturated rings. The van der Waals surface area contributed by atoms with Gasteiger partial charge in [-0.25, -0.2) is 0 Å². The quantitative estimate of drug-likeness (QED) is 0.753. The van der Waals surface area contributed by atoms with Crippen molar-refractivity contribution < 1.29 is 4.79 Å². The summed E-state index contributed by atoms with van der Waals surface area (Å²) in [5, 5.41) is 0.693. The Kier molecular flexibility index (Phi) is 5.26. The van der Waals surface area contributed by atoms with E-state index in [1.54, 1.807) is 0 Å². The highest BCUT2D eigenvalue weighted by Crippen LogP contribution is 2.32. The minimum atomic E-state index is 0.693. The summed E-state index contributed by atoms with van der Waals surface area (Å²) in [6, 6.07) is 5.56. The van der Waals surface area contributed by atoms with Crippen LogP contribution in [0.4, 0.5) is 5.69 Å². The van der Waals surface area contributed by atoms with E-state index in [4.69, 9.17) is 11.6 Å². The molecule has 1 unspecified atom stereocenters. The fourth-order valence-electron chi connectivity index (χ4n) is 3.05. The molecule has 1 aromatic rings. The number of anilines is 1. The second kappa shape index (κ2) is 6.95. The van der Waals surface area contributed by atoms with Crippen LogP contribution >= 0.6 is 11.6 Å². The highest BCUT2D eigenvalue weighted by atomic mass is 35.5. The Morgan fingerprint density at radius 1 is 1.37 bits per heavy atom. The molecule has 1 aliphatic heterocycles. The number of para-hydroxylation sites is 1. The maximum atomic E-state index is 11.2. The lowest BCUT2D eigenvalue weighted by Gasteiger charge is -2.25. The van der Waals surface area contributed by atoms with Crippen LogP contribution in [0.5, 0.6) is 0 Å². The molecule has 2 rings (SSSR count). The zero-order valence-electron chi connectivity index (χ0n) is 11.6. The van der Waals surface area contributed by atoms with Gasteiger partial charge in [-0.15, -0.1) is 0 Å². The van der Waals surface area contributed by atoms with Crippen LogP contribution in [0.1, 0.15) is 49.4 Å². The van der Waals surface area contributed by atoms with E-state index < -0.39 is 0 Å². The van der Waals surface area contributed by atoms with Gasteiger partial charge in [-0.1, -0.05) is 37.4 Å². The van der Waals surface area contributed by atoms with Crippen molar-refractivity contribution in [1.29, 1.82) is 0 Å². The van der Waals surface area contributed by atoms with Gasteiger partial charge in [-0.05, 0) is 37.3 Å². The fourth-order valence-corrected chi connectivity index (χ4v) is 3.35. The van der Waals surface area contributed by atoms with Gasteiger partial charge in [0.2, 0.25) is 0 Å². The second-order valence-electron chi connectivity index (χ2n) is 5.37. The van der Waals surface area contributed by atoms with E-state index in [1.165, 1.54) is 32.1 Å². The van der Waals surface area contributed by atoms with Crippen LogP contribution in [0.2, 0.25) is 5.02 Å². The van der Waals surface area contributed by atoms with Crippen LogP contribution in [0.15, 0.2) is 18.2 Å². The van der Waals surface area contributed by atoms with Crippen molar-refractivity contribution in [2.75, 3.05) is 18.0 Å². The number of carbonyl (C=O) groups is 1. The molecule has 104 valence electrons. The first kappa shape index (κ1) is 14.4. The van der Waals surface area contributed by atoms with Gasteiger partial charge in [-0.2, -0.15) is 0 Å². The molecular weight excluding hydrogens is 258 g/mol. The number of hydrogen-bond acceptors (Lipinski definition) is 2. The standard InChI is InChI=1S/C16H22ClNO/c1-2-5-13-6-4-10-18(11-9-13)16-14(12-19)7-3-8-15(16)17/h3,7-8,12-13H,2,4-6,9-11H2,1H3. The van der Waals surface area contributed by atoms with Crippen LogP contribution in [0.25, 0.3) is 0 Å². The number of benzene rings is 1. The number of rotatable bonds is 4. The predicted molar refractivity (Wildman–Crippen MR) is 81.3 cm³/mol. The van der Waals surface area contributed by atoms with Crippen molar-refractivity contribution in [3.8, 4) is 0 Å². The molecule has 1 aromatic carbocycles. The molecule has 0 aromatic heterocycles. The van der Waals surface area contributed by atoms with Crippen LogP contribution in [-0.4, -0.2) is 19.4 Å². The first-order chi connectivity index (χ1) is 9.26. The molecule has 19 heavy (non-hydrogen) atoms. The van der Waals surface area contributed by atoms with E-state index in [2.05, 4.69) is 11.8 Å². The largest absolute Gasteiger partial charge is 0.370 e. The van der Waals surface area contributed by atoms with Gasteiger partial charge in [0.25, 0.3) is 0 Å². The highest BCUT2D eigenvalue weighted by Gasteiger charge is 2.20. The molecule has 0 spiro atoms. The average Bonchev–Trinajstić information content (AvgIpc) is 2.64. The maximum absolute atomic E-state index is 11.2. The SMILES string of the molecule is CCCC1CCCN(c2c(Cl)cccc2C=O)CC1. The number of carbonyl (C=O) groups excluding carboxylic acids is 1. The van der Waals surface area contributed by atoms with Crippen molar-refractivity contribution in [1.82, 2.24) is 0 Å². The zero-order valence-corrected chi connectivity index (χ0v) is 12.3. The van der Waals surface area contributed by atoms with Crippen LogP contribution in [0, 0.1) is 5.92 Å². The predicted octanol–water partition coefficient (Wildman–Crippen LogP) is 4.56. The second-order valence-corrected chi connectivity index (χ2v) is 5.78. The van der Waals surface area contributed by atoms with Gasteiger partial charge >= 0.3 is 0 Å². The molecule has 3 heteroatoms. The van der Waals surface area contributed by atoms with Gasteiger partial charge in [0, 0.05) is 18.7 Å². The summed E-state index contributed by atoms with van der Waals surface area (Å²) in [6.45, 7) is 4.27. The Hall–Kier alpha value is -1.02. The van der Waals surface area contributed by atoms with Gasteiger partial charge in [0.15, 0.2) is 6.29 Å². The van der Waals surface area contributed by atoms with Crippen LogP contribution in [0.3, 0.4) is 0 Å². The first-order valence-corrected chi connectivity index (χ1v) is 7.62. The monoisotopic (exact) mass is 279 g/mol. The number of nitrogens with zero attached hydrogens (tertiary/aromatic N) is 1. The number of halogens is 1. The third kappa shape index (κ3) is 3.50. The summed E-state index contributed by atoms with van der Waals surface area (Å²) in [6.07, 6.45) is 7.18. The van der Waals surface area contributed by atoms with Crippen molar-refractivity contribution in [2.24, 2.45) is 5.92 Å². The average molecular weight is 280 g/mol. The van der Waals surface area contributed by atoms with Crippen molar-refractivity contribution in [2.45, 2.75) is 39.0 Å². The van der Waals surface area contributed by atoms with E-state index in [0.29, 0.717) is 10.6 Å². The lowest BCUT2D eigenvalue weighted by molar-refractivity contribution is 0.112. The molecule has 2 nitrogen and oxygen atoms in total. The summed E-state index contributed by atoms with van der Waals surface area (Å²) in [5.74, 6) is 0.831. The maximum Gasteiger partial charge on any atom is 0.152 e.